The minimum atomic E-state index is -0.196. The Bertz CT molecular complexity index is 942. The van der Waals surface area contributed by atoms with Gasteiger partial charge in [0.05, 0.1) is 12.0 Å². The summed E-state index contributed by atoms with van der Waals surface area (Å²) in [5, 5.41) is 13.2. The van der Waals surface area contributed by atoms with Crippen molar-refractivity contribution in [1.82, 2.24) is 20.2 Å². The van der Waals surface area contributed by atoms with E-state index in [4.69, 9.17) is 0 Å². The second-order valence-corrected chi connectivity index (χ2v) is 7.41. The minimum Gasteiger partial charge on any atom is -0.302 e. The first-order valence-electron chi connectivity index (χ1n) is 8.36. The number of halogens is 1. The third kappa shape index (κ3) is 5.27. The van der Waals surface area contributed by atoms with Crippen molar-refractivity contribution in [2.45, 2.75) is 18.6 Å². The van der Waals surface area contributed by atoms with Crippen molar-refractivity contribution >= 4 is 39.8 Å². The number of carbonyl (C=O) groups is 1. The SMILES string of the molecule is CCn1c(SCC(=O)NN=Cc2cccc(Br)c2)nnc1-c1ccccc1. The molecule has 0 aliphatic rings. The molecule has 0 saturated carbocycles. The quantitative estimate of drug-likeness (QED) is 0.340. The van der Waals surface area contributed by atoms with E-state index in [1.54, 1.807) is 6.21 Å². The highest BCUT2D eigenvalue weighted by Crippen LogP contribution is 2.23. The number of aromatic nitrogens is 3. The summed E-state index contributed by atoms with van der Waals surface area (Å²) < 4.78 is 2.96. The monoisotopic (exact) mass is 443 g/mol. The highest BCUT2D eigenvalue weighted by atomic mass is 79.9. The Kier molecular flexibility index (Phi) is 6.78. The maximum atomic E-state index is 12.0. The molecule has 0 spiro atoms. The maximum Gasteiger partial charge on any atom is 0.250 e. The van der Waals surface area contributed by atoms with Crippen molar-refractivity contribution in [2.24, 2.45) is 5.10 Å². The van der Waals surface area contributed by atoms with Crippen molar-refractivity contribution in [3.05, 3.63) is 64.6 Å². The summed E-state index contributed by atoms with van der Waals surface area (Å²) in [7, 11) is 0. The fourth-order valence-electron chi connectivity index (χ4n) is 2.41. The standard InChI is InChI=1S/C19H18BrN5OS/c1-2-25-18(15-8-4-3-5-9-15)23-24-19(25)27-13-17(26)22-21-12-14-7-6-10-16(20)11-14/h3-12H,2,13H2,1H3,(H,22,26). The van der Waals surface area contributed by atoms with Crippen LogP contribution >= 0.6 is 27.7 Å². The van der Waals surface area contributed by atoms with E-state index in [9.17, 15) is 4.79 Å². The Morgan fingerprint density at radius 1 is 1.22 bits per heavy atom. The zero-order valence-electron chi connectivity index (χ0n) is 14.7. The first-order valence-corrected chi connectivity index (χ1v) is 10.1. The van der Waals surface area contributed by atoms with Crippen LogP contribution in [0.4, 0.5) is 0 Å². The molecule has 0 atom stereocenters. The van der Waals surface area contributed by atoms with E-state index in [0.717, 1.165) is 28.0 Å². The number of hydrogen-bond donors (Lipinski definition) is 1. The number of thioether (sulfide) groups is 1. The molecule has 1 heterocycles. The van der Waals surface area contributed by atoms with E-state index in [0.29, 0.717) is 5.16 Å². The van der Waals surface area contributed by atoms with Crippen LogP contribution in [0.15, 0.2) is 69.3 Å². The van der Waals surface area contributed by atoms with Crippen molar-refractivity contribution in [3.8, 4) is 11.4 Å². The number of nitrogens with zero attached hydrogens (tertiary/aromatic N) is 4. The molecule has 138 valence electrons. The van der Waals surface area contributed by atoms with Gasteiger partial charge in [0.25, 0.3) is 5.91 Å². The predicted molar refractivity (Wildman–Crippen MR) is 112 cm³/mol. The minimum absolute atomic E-state index is 0.196. The van der Waals surface area contributed by atoms with Gasteiger partial charge in [0.2, 0.25) is 0 Å². The Morgan fingerprint density at radius 3 is 2.78 bits per heavy atom. The van der Waals surface area contributed by atoms with Gasteiger partial charge in [-0.3, -0.25) is 4.79 Å². The summed E-state index contributed by atoms with van der Waals surface area (Å²) in [5.74, 6) is 0.815. The van der Waals surface area contributed by atoms with Gasteiger partial charge >= 0.3 is 0 Å². The van der Waals surface area contributed by atoms with Crippen molar-refractivity contribution in [2.75, 3.05) is 5.75 Å². The van der Waals surface area contributed by atoms with Gasteiger partial charge in [0.15, 0.2) is 11.0 Å². The lowest BCUT2D eigenvalue weighted by atomic mass is 10.2. The molecule has 0 radical (unpaired) electrons. The van der Waals surface area contributed by atoms with Crippen LogP contribution in [0, 0.1) is 0 Å². The van der Waals surface area contributed by atoms with Crippen LogP contribution in [0.25, 0.3) is 11.4 Å². The second kappa shape index (κ2) is 9.48. The zero-order chi connectivity index (χ0) is 19.1. The maximum absolute atomic E-state index is 12.0. The Hall–Kier alpha value is -2.45. The molecule has 2 aromatic carbocycles. The van der Waals surface area contributed by atoms with Crippen LogP contribution in [0.5, 0.6) is 0 Å². The van der Waals surface area contributed by atoms with E-state index in [1.165, 1.54) is 11.8 Å². The van der Waals surface area contributed by atoms with Crippen LogP contribution in [-0.4, -0.2) is 32.6 Å². The first-order chi connectivity index (χ1) is 13.2. The molecule has 1 aromatic heterocycles. The molecule has 0 fully saturated rings. The van der Waals surface area contributed by atoms with Crippen molar-refractivity contribution < 1.29 is 4.79 Å². The third-order valence-electron chi connectivity index (χ3n) is 3.65. The Balaban J connectivity index is 1.58. The molecule has 27 heavy (non-hydrogen) atoms. The van der Waals surface area contributed by atoms with Crippen LogP contribution < -0.4 is 5.43 Å². The van der Waals surface area contributed by atoms with Gasteiger partial charge in [0.1, 0.15) is 0 Å². The van der Waals surface area contributed by atoms with E-state index in [1.807, 2.05) is 66.1 Å². The highest BCUT2D eigenvalue weighted by Gasteiger charge is 2.14. The van der Waals surface area contributed by atoms with Crippen LogP contribution in [0.2, 0.25) is 0 Å². The molecule has 0 saturated heterocycles. The fraction of sp³-hybridized carbons (Fsp3) is 0.158. The number of benzene rings is 2. The van der Waals surface area contributed by atoms with E-state index < -0.39 is 0 Å². The first kappa shape index (κ1) is 19.3. The molecule has 0 bridgehead atoms. The largest absolute Gasteiger partial charge is 0.302 e. The van der Waals surface area contributed by atoms with Gasteiger partial charge in [-0.2, -0.15) is 5.10 Å². The molecule has 0 aliphatic carbocycles. The molecule has 3 rings (SSSR count). The average Bonchev–Trinajstić information content (AvgIpc) is 3.10. The van der Waals surface area contributed by atoms with Crippen molar-refractivity contribution in [3.63, 3.8) is 0 Å². The summed E-state index contributed by atoms with van der Waals surface area (Å²) in [5.41, 5.74) is 4.43. The van der Waals surface area contributed by atoms with Crippen molar-refractivity contribution in [1.29, 1.82) is 0 Å². The number of rotatable bonds is 7. The van der Waals surface area contributed by atoms with E-state index in [2.05, 4.69) is 36.7 Å². The van der Waals surface area contributed by atoms with Gasteiger partial charge in [-0.1, -0.05) is 70.2 Å². The molecule has 3 aromatic rings. The molecule has 1 amide bonds. The van der Waals surface area contributed by atoms with Gasteiger partial charge in [0, 0.05) is 16.6 Å². The van der Waals surface area contributed by atoms with Crippen LogP contribution in [0.1, 0.15) is 12.5 Å². The predicted octanol–water partition coefficient (Wildman–Crippen LogP) is 3.97. The summed E-state index contributed by atoms with van der Waals surface area (Å²) in [6.45, 7) is 2.75. The number of hydrazone groups is 1. The number of carbonyl (C=O) groups excluding carboxylic acids is 1. The molecule has 0 aliphatic heterocycles. The lowest BCUT2D eigenvalue weighted by molar-refractivity contribution is -0.118. The summed E-state index contributed by atoms with van der Waals surface area (Å²) in [6.07, 6.45) is 1.61. The summed E-state index contributed by atoms with van der Waals surface area (Å²) in [6, 6.07) is 17.5. The zero-order valence-corrected chi connectivity index (χ0v) is 17.1. The fourth-order valence-corrected chi connectivity index (χ4v) is 3.62. The smallest absolute Gasteiger partial charge is 0.250 e. The highest BCUT2D eigenvalue weighted by molar-refractivity contribution is 9.10. The van der Waals surface area contributed by atoms with Gasteiger partial charge < -0.3 is 4.57 Å². The lowest BCUT2D eigenvalue weighted by Gasteiger charge is -2.06. The van der Waals surface area contributed by atoms with Gasteiger partial charge in [-0.25, -0.2) is 5.43 Å². The molecule has 8 heteroatoms. The van der Waals surface area contributed by atoms with Crippen LogP contribution in [-0.2, 0) is 11.3 Å². The Labute approximate surface area is 170 Å². The van der Waals surface area contributed by atoms with Gasteiger partial charge in [-0.15, -0.1) is 10.2 Å². The summed E-state index contributed by atoms with van der Waals surface area (Å²) in [4.78, 5) is 12.0. The number of nitrogens with one attached hydrogen (secondary N) is 1. The number of amides is 1. The van der Waals surface area contributed by atoms with Crippen LogP contribution in [0.3, 0.4) is 0 Å². The molecular formula is C19H18BrN5OS. The lowest BCUT2D eigenvalue weighted by Crippen LogP contribution is -2.20. The van der Waals surface area contributed by atoms with E-state index >= 15 is 0 Å². The topological polar surface area (TPSA) is 72.2 Å². The normalized spacial score (nSPS) is 11.0. The molecular weight excluding hydrogens is 426 g/mol. The van der Waals surface area contributed by atoms with E-state index in [-0.39, 0.29) is 11.7 Å². The van der Waals surface area contributed by atoms with Gasteiger partial charge in [-0.05, 0) is 24.6 Å². The molecule has 1 N–H and O–H groups in total. The third-order valence-corrected chi connectivity index (χ3v) is 5.11. The Morgan fingerprint density at radius 2 is 2.04 bits per heavy atom. The second-order valence-electron chi connectivity index (χ2n) is 5.55. The molecule has 6 nitrogen and oxygen atoms in total. The number of hydrogen-bond acceptors (Lipinski definition) is 5. The average molecular weight is 444 g/mol. The molecule has 0 unspecified atom stereocenters. The summed E-state index contributed by atoms with van der Waals surface area (Å²) >= 11 is 4.74.